The highest BCUT2D eigenvalue weighted by Gasteiger charge is 2.18. The summed E-state index contributed by atoms with van der Waals surface area (Å²) in [5, 5.41) is 2.71. The van der Waals surface area contributed by atoms with Gasteiger partial charge in [0.1, 0.15) is 18.1 Å². The molecule has 2 aromatic rings. The molecule has 2 aromatic carbocycles. The van der Waals surface area contributed by atoms with Crippen LogP contribution >= 0.6 is 0 Å². The van der Waals surface area contributed by atoms with Crippen molar-refractivity contribution in [2.75, 3.05) is 18.5 Å². The molecule has 1 aliphatic heterocycles. The van der Waals surface area contributed by atoms with Crippen molar-refractivity contribution >= 4 is 11.6 Å². The van der Waals surface area contributed by atoms with Crippen LogP contribution in [-0.4, -0.2) is 31.8 Å². The molecule has 0 unspecified atom stereocenters. The van der Waals surface area contributed by atoms with E-state index >= 15 is 0 Å². The smallest absolute Gasteiger partial charge is 0.387 e. The number of nitrogens with one attached hydrogen (secondary N) is 1. The topological polar surface area (TPSA) is 56.8 Å². The molecule has 1 amide bonds. The molecule has 1 fully saturated rings. The average Bonchev–Trinajstić information content (AvgIpc) is 3.15. The maximum atomic E-state index is 12.5. The first-order valence-corrected chi connectivity index (χ1v) is 8.31. The van der Waals surface area contributed by atoms with Gasteiger partial charge in [0.15, 0.2) is 0 Å². The first kappa shape index (κ1) is 18.1. The van der Waals surface area contributed by atoms with Crippen LogP contribution < -0.4 is 14.8 Å². The Labute approximate surface area is 149 Å². The first-order valence-electron chi connectivity index (χ1n) is 8.31. The summed E-state index contributed by atoms with van der Waals surface area (Å²) in [5.74, 6) is 0.145. The molecule has 7 heteroatoms. The fourth-order valence-corrected chi connectivity index (χ4v) is 2.66. The number of anilines is 1. The van der Waals surface area contributed by atoms with Crippen LogP contribution in [0.3, 0.4) is 0 Å². The lowest BCUT2D eigenvalue weighted by molar-refractivity contribution is -0.0498. The number of para-hydroxylation sites is 1. The molecule has 0 aromatic heterocycles. The van der Waals surface area contributed by atoms with Gasteiger partial charge in [-0.25, -0.2) is 0 Å². The quantitative estimate of drug-likeness (QED) is 0.805. The molecule has 138 valence electrons. The van der Waals surface area contributed by atoms with E-state index in [1.165, 1.54) is 24.3 Å². The predicted octanol–water partition coefficient (Wildman–Crippen LogP) is 4.10. The number of halogens is 2. The molecular formula is C19H19F2NO4. The van der Waals surface area contributed by atoms with Gasteiger partial charge in [-0.15, -0.1) is 0 Å². The van der Waals surface area contributed by atoms with Crippen LogP contribution in [0.4, 0.5) is 14.5 Å². The Bertz CT molecular complexity index is 731. The van der Waals surface area contributed by atoms with E-state index in [9.17, 15) is 13.6 Å². The standard InChI is InChI=1S/C19H19F2NO4/c20-19(21)26-14-9-7-13(8-10-14)22-18(23)16-5-1-2-6-17(16)25-12-15-4-3-11-24-15/h1-2,5-10,15,19H,3-4,11-12H2,(H,22,23)/t15-/m0/s1. The Morgan fingerprint density at radius 1 is 1.19 bits per heavy atom. The van der Waals surface area contributed by atoms with E-state index in [-0.39, 0.29) is 17.8 Å². The van der Waals surface area contributed by atoms with Gasteiger partial charge in [0, 0.05) is 12.3 Å². The summed E-state index contributed by atoms with van der Waals surface area (Å²) in [6, 6.07) is 12.6. The monoisotopic (exact) mass is 363 g/mol. The van der Waals surface area contributed by atoms with Crippen molar-refractivity contribution in [2.24, 2.45) is 0 Å². The van der Waals surface area contributed by atoms with Crippen LogP contribution in [0.2, 0.25) is 0 Å². The molecule has 5 nitrogen and oxygen atoms in total. The van der Waals surface area contributed by atoms with Gasteiger partial charge in [-0.2, -0.15) is 8.78 Å². The van der Waals surface area contributed by atoms with E-state index in [0.717, 1.165) is 19.4 Å². The number of hydrogen-bond acceptors (Lipinski definition) is 4. The maximum absolute atomic E-state index is 12.5. The number of hydrogen-bond donors (Lipinski definition) is 1. The van der Waals surface area contributed by atoms with Gasteiger partial charge < -0.3 is 19.5 Å². The van der Waals surface area contributed by atoms with Crippen LogP contribution in [-0.2, 0) is 4.74 Å². The third-order valence-electron chi connectivity index (χ3n) is 3.92. The van der Waals surface area contributed by atoms with Crippen molar-refractivity contribution in [3.63, 3.8) is 0 Å². The molecule has 1 heterocycles. The minimum Gasteiger partial charge on any atom is -0.490 e. The highest BCUT2D eigenvalue weighted by Crippen LogP contribution is 2.23. The van der Waals surface area contributed by atoms with E-state index in [0.29, 0.717) is 23.6 Å². The Kier molecular flexibility index (Phi) is 6.01. The first-order chi connectivity index (χ1) is 12.6. The van der Waals surface area contributed by atoms with E-state index in [1.54, 1.807) is 24.3 Å². The van der Waals surface area contributed by atoms with Crippen molar-refractivity contribution in [1.29, 1.82) is 0 Å². The number of carbonyl (C=O) groups is 1. The van der Waals surface area contributed by atoms with E-state index < -0.39 is 6.61 Å². The third kappa shape index (κ3) is 4.92. The van der Waals surface area contributed by atoms with Crippen molar-refractivity contribution < 1.29 is 27.8 Å². The largest absolute Gasteiger partial charge is 0.490 e. The average molecular weight is 363 g/mol. The van der Waals surface area contributed by atoms with Gasteiger partial charge in [0.2, 0.25) is 0 Å². The molecule has 0 radical (unpaired) electrons. The molecule has 0 spiro atoms. The third-order valence-corrected chi connectivity index (χ3v) is 3.92. The predicted molar refractivity (Wildman–Crippen MR) is 91.9 cm³/mol. The zero-order valence-electron chi connectivity index (χ0n) is 14.0. The molecule has 0 aliphatic carbocycles. The normalized spacial score (nSPS) is 16.5. The molecular weight excluding hydrogens is 344 g/mol. The Morgan fingerprint density at radius 2 is 1.96 bits per heavy atom. The van der Waals surface area contributed by atoms with Gasteiger partial charge in [0.25, 0.3) is 5.91 Å². The highest BCUT2D eigenvalue weighted by atomic mass is 19.3. The zero-order valence-corrected chi connectivity index (χ0v) is 14.0. The van der Waals surface area contributed by atoms with Crippen molar-refractivity contribution in [3.8, 4) is 11.5 Å². The number of carbonyl (C=O) groups excluding carboxylic acids is 1. The second kappa shape index (κ2) is 8.62. The number of benzene rings is 2. The minimum absolute atomic E-state index is 0.0262. The number of ether oxygens (including phenoxy) is 3. The van der Waals surface area contributed by atoms with Gasteiger partial charge in [-0.1, -0.05) is 12.1 Å². The van der Waals surface area contributed by atoms with Gasteiger partial charge in [0.05, 0.1) is 11.7 Å². The second-order valence-corrected chi connectivity index (χ2v) is 5.80. The second-order valence-electron chi connectivity index (χ2n) is 5.80. The zero-order chi connectivity index (χ0) is 18.4. The van der Waals surface area contributed by atoms with E-state index in [4.69, 9.17) is 9.47 Å². The summed E-state index contributed by atoms with van der Waals surface area (Å²) >= 11 is 0. The minimum atomic E-state index is -2.89. The molecule has 1 atom stereocenters. The Morgan fingerprint density at radius 3 is 2.65 bits per heavy atom. The number of rotatable bonds is 7. The Hall–Kier alpha value is -2.67. The summed E-state index contributed by atoms with van der Waals surface area (Å²) in [6.07, 6.45) is 2.01. The molecule has 1 aliphatic rings. The lowest BCUT2D eigenvalue weighted by Gasteiger charge is -2.14. The summed E-state index contributed by atoms with van der Waals surface area (Å²) in [6.45, 7) is -1.76. The van der Waals surface area contributed by atoms with Crippen LogP contribution in [0.5, 0.6) is 11.5 Å². The fraction of sp³-hybridized carbons (Fsp3) is 0.316. The highest BCUT2D eigenvalue weighted by molar-refractivity contribution is 6.06. The van der Waals surface area contributed by atoms with Crippen LogP contribution in [0.25, 0.3) is 0 Å². The van der Waals surface area contributed by atoms with E-state index in [2.05, 4.69) is 10.1 Å². The van der Waals surface area contributed by atoms with Crippen LogP contribution in [0.1, 0.15) is 23.2 Å². The molecule has 3 rings (SSSR count). The van der Waals surface area contributed by atoms with Crippen molar-refractivity contribution in [2.45, 2.75) is 25.6 Å². The van der Waals surface area contributed by atoms with Gasteiger partial charge >= 0.3 is 6.61 Å². The number of alkyl halides is 2. The van der Waals surface area contributed by atoms with Gasteiger partial charge in [-0.05, 0) is 49.2 Å². The molecule has 0 bridgehead atoms. The SMILES string of the molecule is O=C(Nc1ccc(OC(F)F)cc1)c1ccccc1OC[C@@H]1CCCO1. The summed E-state index contributed by atoms with van der Waals surface area (Å²) in [4.78, 5) is 12.5. The molecule has 1 saturated heterocycles. The fourth-order valence-electron chi connectivity index (χ4n) is 2.66. The lowest BCUT2D eigenvalue weighted by Crippen LogP contribution is -2.19. The van der Waals surface area contributed by atoms with E-state index in [1.807, 2.05) is 0 Å². The summed E-state index contributed by atoms with van der Waals surface area (Å²) < 4.78 is 39.9. The molecule has 1 N–H and O–H groups in total. The van der Waals surface area contributed by atoms with Gasteiger partial charge in [-0.3, -0.25) is 4.79 Å². The molecule has 0 saturated carbocycles. The summed E-state index contributed by atoms with van der Waals surface area (Å²) in [7, 11) is 0. The Balaban J connectivity index is 1.63. The summed E-state index contributed by atoms with van der Waals surface area (Å²) in [5.41, 5.74) is 0.851. The van der Waals surface area contributed by atoms with Crippen LogP contribution in [0.15, 0.2) is 48.5 Å². The van der Waals surface area contributed by atoms with Crippen LogP contribution in [0, 0.1) is 0 Å². The number of amides is 1. The maximum Gasteiger partial charge on any atom is 0.387 e. The lowest BCUT2D eigenvalue weighted by atomic mass is 10.1. The van der Waals surface area contributed by atoms with Crippen molar-refractivity contribution in [3.05, 3.63) is 54.1 Å². The van der Waals surface area contributed by atoms with Crippen molar-refractivity contribution in [1.82, 2.24) is 0 Å². The molecule has 26 heavy (non-hydrogen) atoms.